The molecule has 2 heterocycles. The number of hydrogen-bond acceptors (Lipinski definition) is 5. The monoisotopic (exact) mass is 616 g/mol. The van der Waals surface area contributed by atoms with Crippen LogP contribution in [0.3, 0.4) is 0 Å². The highest BCUT2D eigenvalue weighted by atomic mass is 16.3. The van der Waals surface area contributed by atoms with E-state index in [0.717, 1.165) is 66.5 Å². The van der Waals surface area contributed by atoms with Gasteiger partial charge in [-0.1, -0.05) is 121 Å². The number of rotatable bonds is 6. The molecule has 0 aliphatic carbocycles. The molecule has 7 aromatic carbocycles. The number of fused-ring (bicyclic) bond motifs is 5. The van der Waals surface area contributed by atoms with Gasteiger partial charge in [-0.2, -0.15) is 0 Å². The van der Waals surface area contributed by atoms with E-state index in [1.54, 1.807) is 0 Å². The zero-order chi connectivity index (χ0) is 31.9. The fraction of sp³-hybridized carbons (Fsp3) is 0. The van der Waals surface area contributed by atoms with Crippen LogP contribution in [-0.4, -0.2) is 15.0 Å². The Bertz CT molecular complexity index is 2450. The van der Waals surface area contributed by atoms with Crippen molar-refractivity contribution in [1.82, 2.24) is 15.0 Å². The van der Waals surface area contributed by atoms with Gasteiger partial charge < -0.3 is 9.32 Å². The third-order valence-corrected chi connectivity index (χ3v) is 8.69. The Balaban J connectivity index is 1.30. The summed E-state index contributed by atoms with van der Waals surface area (Å²) in [5.74, 6) is 1.87. The average molecular weight is 617 g/mol. The van der Waals surface area contributed by atoms with Crippen LogP contribution < -0.4 is 4.90 Å². The molecule has 9 rings (SSSR count). The minimum Gasteiger partial charge on any atom is -0.455 e. The van der Waals surface area contributed by atoms with Gasteiger partial charge in [0.25, 0.3) is 0 Å². The summed E-state index contributed by atoms with van der Waals surface area (Å²) < 4.78 is 6.62. The van der Waals surface area contributed by atoms with E-state index >= 15 is 0 Å². The highest BCUT2D eigenvalue weighted by Crippen LogP contribution is 2.42. The van der Waals surface area contributed by atoms with Gasteiger partial charge in [0.05, 0.1) is 0 Å². The fourth-order valence-electron chi connectivity index (χ4n) is 6.44. The summed E-state index contributed by atoms with van der Waals surface area (Å²) in [7, 11) is 0. The lowest BCUT2D eigenvalue weighted by Crippen LogP contribution is -2.09. The van der Waals surface area contributed by atoms with Crippen molar-refractivity contribution in [3.05, 3.63) is 170 Å². The van der Waals surface area contributed by atoms with Crippen molar-refractivity contribution in [2.45, 2.75) is 0 Å². The number of aromatic nitrogens is 3. The molecule has 226 valence electrons. The van der Waals surface area contributed by atoms with Crippen molar-refractivity contribution < 1.29 is 4.42 Å². The molecule has 0 atom stereocenters. The molecule has 48 heavy (non-hydrogen) atoms. The maximum atomic E-state index is 6.62. The molecular formula is C43H28N4O. The number of hydrogen-bond donors (Lipinski definition) is 0. The third-order valence-electron chi connectivity index (χ3n) is 8.69. The average Bonchev–Trinajstić information content (AvgIpc) is 3.54. The lowest BCUT2D eigenvalue weighted by atomic mass is 9.99. The highest BCUT2D eigenvalue weighted by Gasteiger charge is 2.20. The SMILES string of the molecule is c1ccc(-c2nc(-c3ccccc3)nc(-c3cc4c5cc(N(c6ccccc6)c6ccccc6)ccc5oc4c4ccccc34)n2)cc1. The number of para-hydroxylation sites is 2. The van der Waals surface area contributed by atoms with Crippen LogP contribution in [0, 0.1) is 0 Å². The summed E-state index contributed by atoms with van der Waals surface area (Å²) in [6, 6.07) is 58.0. The number of anilines is 3. The maximum absolute atomic E-state index is 6.62. The van der Waals surface area contributed by atoms with Crippen LogP contribution in [0.5, 0.6) is 0 Å². The Kier molecular flexibility index (Phi) is 6.72. The number of benzene rings is 7. The first-order chi connectivity index (χ1) is 23.8. The molecule has 0 unspecified atom stereocenters. The van der Waals surface area contributed by atoms with Crippen LogP contribution in [0.1, 0.15) is 0 Å². The molecule has 0 aliphatic rings. The summed E-state index contributed by atoms with van der Waals surface area (Å²) in [6.45, 7) is 0. The minimum absolute atomic E-state index is 0.613. The van der Waals surface area contributed by atoms with Gasteiger partial charge in [0.2, 0.25) is 0 Å². The summed E-state index contributed by atoms with van der Waals surface area (Å²) in [5.41, 5.74) is 7.65. The zero-order valence-corrected chi connectivity index (χ0v) is 25.9. The van der Waals surface area contributed by atoms with Crippen molar-refractivity contribution in [1.29, 1.82) is 0 Å². The molecule has 0 amide bonds. The fourth-order valence-corrected chi connectivity index (χ4v) is 6.44. The molecule has 2 aromatic heterocycles. The van der Waals surface area contributed by atoms with Gasteiger partial charge in [0.15, 0.2) is 17.5 Å². The Morgan fingerprint density at radius 1 is 0.375 bits per heavy atom. The van der Waals surface area contributed by atoms with Crippen LogP contribution in [-0.2, 0) is 0 Å². The van der Waals surface area contributed by atoms with Crippen molar-refractivity contribution in [2.75, 3.05) is 4.90 Å². The Labute approximate surface area is 277 Å². The van der Waals surface area contributed by atoms with E-state index in [-0.39, 0.29) is 0 Å². The second-order valence-corrected chi connectivity index (χ2v) is 11.7. The Morgan fingerprint density at radius 3 is 1.46 bits per heavy atom. The predicted molar refractivity (Wildman–Crippen MR) is 196 cm³/mol. The molecule has 0 saturated carbocycles. The summed E-state index contributed by atoms with van der Waals surface area (Å²) >= 11 is 0. The Morgan fingerprint density at radius 2 is 0.875 bits per heavy atom. The second-order valence-electron chi connectivity index (χ2n) is 11.7. The smallest absolute Gasteiger partial charge is 0.164 e. The summed E-state index contributed by atoms with van der Waals surface area (Å²) in [6.07, 6.45) is 0. The van der Waals surface area contributed by atoms with Gasteiger partial charge in [-0.15, -0.1) is 0 Å². The first kappa shape index (κ1) is 27.7. The molecule has 0 bridgehead atoms. The minimum atomic E-state index is 0.613. The van der Waals surface area contributed by atoms with E-state index in [9.17, 15) is 0 Å². The zero-order valence-electron chi connectivity index (χ0n) is 25.9. The molecule has 9 aromatic rings. The molecular weight excluding hydrogens is 589 g/mol. The first-order valence-corrected chi connectivity index (χ1v) is 16.0. The van der Waals surface area contributed by atoms with Gasteiger partial charge in [-0.25, -0.2) is 15.0 Å². The largest absolute Gasteiger partial charge is 0.455 e. The molecule has 0 fully saturated rings. The summed E-state index contributed by atoms with van der Waals surface area (Å²) in [4.78, 5) is 17.4. The van der Waals surface area contributed by atoms with E-state index in [0.29, 0.717) is 17.5 Å². The van der Waals surface area contributed by atoms with Crippen molar-refractivity contribution in [3.63, 3.8) is 0 Å². The van der Waals surface area contributed by atoms with Gasteiger partial charge >= 0.3 is 0 Å². The normalized spacial score (nSPS) is 11.3. The molecule has 0 saturated heterocycles. The second kappa shape index (κ2) is 11.6. The van der Waals surface area contributed by atoms with Crippen LogP contribution >= 0.6 is 0 Å². The number of nitrogens with zero attached hydrogens (tertiary/aromatic N) is 4. The third kappa shape index (κ3) is 4.86. The van der Waals surface area contributed by atoms with Gasteiger partial charge in [0, 0.05) is 49.9 Å². The van der Waals surface area contributed by atoms with E-state index in [4.69, 9.17) is 19.4 Å². The van der Waals surface area contributed by atoms with Gasteiger partial charge in [-0.05, 0) is 53.9 Å². The molecule has 0 N–H and O–H groups in total. The lowest BCUT2D eigenvalue weighted by Gasteiger charge is -2.25. The van der Waals surface area contributed by atoms with E-state index in [1.807, 2.05) is 78.9 Å². The van der Waals surface area contributed by atoms with Crippen molar-refractivity contribution >= 4 is 49.8 Å². The van der Waals surface area contributed by atoms with E-state index in [2.05, 4.69) is 95.9 Å². The topological polar surface area (TPSA) is 55.1 Å². The van der Waals surface area contributed by atoms with Crippen LogP contribution in [0.25, 0.3) is 66.9 Å². The summed E-state index contributed by atoms with van der Waals surface area (Å²) in [5, 5.41) is 4.05. The maximum Gasteiger partial charge on any atom is 0.164 e. The molecule has 5 heteroatoms. The van der Waals surface area contributed by atoms with Crippen molar-refractivity contribution in [3.8, 4) is 34.2 Å². The standard InChI is InChI=1S/C43H28N4O/c1-5-15-29(16-6-1)41-44-42(30-17-7-2-8-18-30)46-43(45-41)38-28-37-36-27-33(25-26-39(36)48-40(37)35-24-14-13-23-34(35)38)47(31-19-9-3-10-20-31)32-21-11-4-12-22-32/h1-28H. The van der Waals surface area contributed by atoms with Crippen LogP contribution in [0.2, 0.25) is 0 Å². The number of furan rings is 1. The van der Waals surface area contributed by atoms with Crippen molar-refractivity contribution in [2.24, 2.45) is 0 Å². The highest BCUT2D eigenvalue weighted by molar-refractivity contribution is 6.19. The van der Waals surface area contributed by atoms with E-state index in [1.165, 1.54) is 0 Å². The molecule has 0 spiro atoms. The molecule has 0 aliphatic heterocycles. The van der Waals surface area contributed by atoms with E-state index < -0.39 is 0 Å². The molecule has 5 nitrogen and oxygen atoms in total. The predicted octanol–water partition coefficient (Wildman–Crippen LogP) is 11.4. The van der Waals surface area contributed by atoms with Gasteiger partial charge in [-0.3, -0.25) is 0 Å². The first-order valence-electron chi connectivity index (χ1n) is 16.0. The Hall–Kier alpha value is -6.59. The molecule has 0 radical (unpaired) electrons. The lowest BCUT2D eigenvalue weighted by molar-refractivity contribution is 0.672. The van der Waals surface area contributed by atoms with Gasteiger partial charge in [0.1, 0.15) is 11.2 Å². The van der Waals surface area contributed by atoms with Crippen LogP contribution in [0.4, 0.5) is 17.1 Å². The quantitative estimate of drug-likeness (QED) is 0.186. The van der Waals surface area contributed by atoms with Crippen LogP contribution in [0.15, 0.2) is 174 Å².